The molecule has 1 aliphatic heterocycles. The number of fused-ring (bicyclic) bond motifs is 3. The van der Waals surface area contributed by atoms with E-state index < -0.39 is 41.6 Å². The van der Waals surface area contributed by atoms with Gasteiger partial charge in [-0.1, -0.05) is 23.8 Å². The molecule has 0 bridgehead atoms. The number of rotatable bonds is 4. The smallest absolute Gasteiger partial charge is 0.423 e. The molecule has 10 heteroatoms. The number of aromatic hydroxyl groups is 1. The summed E-state index contributed by atoms with van der Waals surface area (Å²) in [6.07, 6.45) is 5.92. The van der Waals surface area contributed by atoms with Crippen LogP contribution in [-0.2, 0) is 23.9 Å². The van der Waals surface area contributed by atoms with E-state index in [1.807, 2.05) is 6.08 Å². The van der Waals surface area contributed by atoms with Crippen molar-refractivity contribution < 1.29 is 43.3 Å². The van der Waals surface area contributed by atoms with Crippen LogP contribution >= 0.6 is 0 Å². The first-order chi connectivity index (χ1) is 18.6. The summed E-state index contributed by atoms with van der Waals surface area (Å²) in [5.74, 6) is -4.45. The highest BCUT2D eigenvalue weighted by Crippen LogP contribution is 2.52. The van der Waals surface area contributed by atoms with Crippen molar-refractivity contribution in [2.24, 2.45) is 23.7 Å². The third kappa shape index (κ3) is 3.98. The van der Waals surface area contributed by atoms with Crippen LogP contribution in [0.1, 0.15) is 25.3 Å². The van der Waals surface area contributed by atoms with Gasteiger partial charge in [-0.3, -0.25) is 19.2 Å². The quantitative estimate of drug-likeness (QED) is 0.352. The first kappa shape index (κ1) is 26.1. The molecule has 39 heavy (non-hydrogen) atoms. The summed E-state index contributed by atoms with van der Waals surface area (Å²) < 4.78 is 15.1. The molecular formula is C29H27NO9. The Morgan fingerprint density at radius 3 is 2.31 bits per heavy atom. The summed E-state index contributed by atoms with van der Waals surface area (Å²) in [6.45, 7) is 1.59. The van der Waals surface area contributed by atoms with E-state index in [0.717, 1.165) is 12.7 Å². The molecule has 1 heterocycles. The fourth-order valence-corrected chi connectivity index (χ4v) is 6.13. The normalized spacial score (nSPS) is 26.2. The van der Waals surface area contributed by atoms with Crippen LogP contribution in [0.4, 0.5) is 4.79 Å². The highest BCUT2D eigenvalue weighted by Gasteiger charge is 2.57. The van der Waals surface area contributed by atoms with Gasteiger partial charge in [0.25, 0.3) is 0 Å². The predicted molar refractivity (Wildman–Crippen MR) is 137 cm³/mol. The Labute approximate surface area is 224 Å². The second kappa shape index (κ2) is 9.68. The molecule has 10 nitrogen and oxygen atoms in total. The van der Waals surface area contributed by atoms with Crippen molar-refractivity contribution in [3.05, 3.63) is 58.2 Å². The lowest BCUT2D eigenvalue weighted by molar-refractivity contribution is -0.137. The van der Waals surface area contributed by atoms with Gasteiger partial charge in [0.05, 0.1) is 33.2 Å². The minimum absolute atomic E-state index is 0.107. The van der Waals surface area contributed by atoms with Crippen LogP contribution in [0, 0.1) is 23.7 Å². The first-order valence-electron chi connectivity index (χ1n) is 12.4. The van der Waals surface area contributed by atoms with Crippen molar-refractivity contribution in [2.45, 2.75) is 19.8 Å². The molecule has 4 aliphatic rings. The molecule has 1 aromatic rings. The van der Waals surface area contributed by atoms with E-state index in [0.29, 0.717) is 27.2 Å². The molecule has 0 saturated carbocycles. The number of nitrogens with zero attached hydrogens (tertiary/aromatic N) is 1. The molecular weight excluding hydrogens is 506 g/mol. The van der Waals surface area contributed by atoms with Crippen LogP contribution in [0.3, 0.4) is 0 Å². The van der Waals surface area contributed by atoms with Crippen molar-refractivity contribution in [3.63, 3.8) is 0 Å². The van der Waals surface area contributed by atoms with E-state index >= 15 is 0 Å². The molecule has 1 saturated heterocycles. The minimum atomic E-state index is -1.04. The van der Waals surface area contributed by atoms with Crippen molar-refractivity contribution in [1.82, 2.24) is 4.90 Å². The van der Waals surface area contributed by atoms with E-state index in [1.54, 1.807) is 31.2 Å². The molecule has 202 valence electrons. The molecule has 5 rings (SSSR count). The Morgan fingerprint density at radius 1 is 1.03 bits per heavy atom. The fraction of sp³-hybridized carbons (Fsp3) is 0.345. The van der Waals surface area contributed by atoms with Crippen LogP contribution in [0.15, 0.2) is 52.7 Å². The number of likely N-dealkylation sites (tertiary alicyclic amines) is 1. The summed E-state index contributed by atoms with van der Waals surface area (Å²) >= 11 is 0. The van der Waals surface area contributed by atoms with Gasteiger partial charge >= 0.3 is 6.09 Å². The lowest BCUT2D eigenvalue weighted by Gasteiger charge is -2.41. The maximum Gasteiger partial charge on any atom is 0.423 e. The zero-order valence-electron chi connectivity index (χ0n) is 21.8. The number of carbonyl (C=O) groups is 5. The van der Waals surface area contributed by atoms with Crippen LogP contribution in [0.5, 0.6) is 17.2 Å². The number of imide groups is 3. The number of ketones is 2. The number of methoxy groups -OCH3 is 3. The van der Waals surface area contributed by atoms with Crippen LogP contribution < -0.4 is 9.47 Å². The minimum Gasteiger partial charge on any atom is -0.502 e. The third-order valence-electron chi connectivity index (χ3n) is 7.95. The van der Waals surface area contributed by atoms with Gasteiger partial charge in [0.1, 0.15) is 0 Å². The summed E-state index contributed by atoms with van der Waals surface area (Å²) in [7, 11) is 3.92. The summed E-state index contributed by atoms with van der Waals surface area (Å²) in [5.41, 5.74) is 2.32. The van der Waals surface area contributed by atoms with E-state index in [4.69, 9.17) is 9.47 Å². The molecule has 3 amide bonds. The number of carbonyl (C=O) groups excluding carboxylic acids is 5. The molecule has 4 atom stereocenters. The molecule has 4 unspecified atom stereocenters. The molecule has 0 radical (unpaired) electrons. The Kier molecular flexibility index (Phi) is 6.49. The number of phenols is 1. The van der Waals surface area contributed by atoms with Gasteiger partial charge in [0.15, 0.2) is 23.1 Å². The first-order valence-corrected chi connectivity index (χ1v) is 12.4. The summed E-state index contributed by atoms with van der Waals surface area (Å²) in [5, 5.41) is 10.3. The van der Waals surface area contributed by atoms with Gasteiger partial charge in [-0.2, -0.15) is 4.90 Å². The van der Waals surface area contributed by atoms with Gasteiger partial charge < -0.3 is 19.3 Å². The molecule has 1 aromatic carbocycles. The number of allylic oxidation sites excluding steroid dienone is 7. The highest BCUT2D eigenvalue weighted by atomic mass is 16.5. The topological polar surface area (TPSA) is 137 Å². The average molecular weight is 534 g/mol. The van der Waals surface area contributed by atoms with Crippen LogP contribution in [0.25, 0.3) is 6.08 Å². The molecule has 0 spiro atoms. The van der Waals surface area contributed by atoms with Gasteiger partial charge in [0, 0.05) is 22.6 Å². The lowest BCUT2D eigenvalue weighted by Crippen LogP contribution is -2.40. The number of phenolic OH excluding ortho intramolecular Hbond substituents is 1. The van der Waals surface area contributed by atoms with Gasteiger partial charge in [-0.25, -0.2) is 4.79 Å². The second-order valence-electron chi connectivity index (χ2n) is 9.89. The fourth-order valence-electron chi connectivity index (χ4n) is 6.13. The van der Waals surface area contributed by atoms with Crippen molar-refractivity contribution in [1.29, 1.82) is 0 Å². The standard InChI is InChI=1S/C29H27NO9/c1-13-9-20(31)19-12-18-15(7-8-17-24(18)28(35)30(27(17)34)29(36)39-4)16(23(19)25(13)32)6-5-14-10-21(37-2)26(33)22(11-14)38-3/h5-7,9-11,16-18,24,33H,8,12H2,1-4H3. The van der Waals surface area contributed by atoms with Crippen molar-refractivity contribution in [3.8, 4) is 17.2 Å². The Hall–Kier alpha value is -4.47. The zero-order chi connectivity index (χ0) is 28.2. The number of hydrogen-bond donors (Lipinski definition) is 1. The number of amides is 3. The summed E-state index contributed by atoms with van der Waals surface area (Å²) in [4.78, 5) is 65.6. The lowest BCUT2D eigenvalue weighted by atomic mass is 9.60. The Morgan fingerprint density at radius 2 is 1.69 bits per heavy atom. The molecule has 3 aliphatic carbocycles. The van der Waals surface area contributed by atoms with Crippen LogP contribution in [-0.4, -0.2) is 60.8 Å². The van der Waals surface area contributed by atoms with Crippen molar-refractivity contribution >= 4 is 35.6 Å². The van der Waals surface area contributed by atoms with Gasteiger partial charge in [0.2, 0.25) is 17.6 Å². The van der Waals surface area contributed by atoms with E-state index in [9.17, 15) is 29.1 Å². The highest BCUT2D eigenvalue weighted by molar-refractivity contribution is 6.23. The number of Topliss-reactive ketones (excluding diaryl/α,β-unsaturated/α-hetero) is 1. The predicted octanol–water partition coefficient (Wildman–Crippen LogP) is 3.15. The monoisotopic (exact) mass is 533 g/mol. The Bertz CT molecular complexity index is 1440. The summed E-state index contributed by atoms with van der Waals surface area (Å²) in [6, 6.07) is 3.20. The van der Waals surface area contributed by atoms with Crippen LogP contribution in [0.2, 0.25) is 0 Å². The maximum absolute atomic E-state index is 13.4. The zero-order valence-corrected chi connectivity index (χ0v) is 21.8. The van der Waals surface area contributed by atoms with Crippen molar-refractivity contribution in [2.75, 3.05) is 21.3 Å². The van der Waals surface area contributed by atoms with E-state index in [1.165, 1.54) is 20.3 Å². The Balaban J connectivity index is 1.61. The van der Waals surface area contributed by atoms with E-state index in [2.05, 4.69) is 4.74 Å². The number of benzene rings is 1. The molecule has 1 fully saturated rings. The second-order valence-corrected chi connectivity index (χ2v) is 9.89. The molecule has 1 N–H and O–H groups in total. The third-order valence-corrected chi connectivity index (χ3v) is 7.95. The number of ether oxygens (including phenoxy) is 3. The SMILES string of the molecule is COC(=O)N1C(=O)C2CC=C3C(C=Cc4cc(OC)c(O)c(OC)c4)C4=C(CC3C2C1=O)C(=O)C=C(C)C4=O. The largest absolute Gasteiger partial charge is 0.502 e. The van der Waals surface area contributed by atoms with E-state index in [-0.39, 0.29) is 41.7 Å². The maximum atomic E-state index is 13.4. The molecule has 0 aromatic heterocycles. The number of hydrogen-bond acceptors (Lipinski definition) is 9. The van der Waals surface area contributed by atoms with Gasteiger partial charge in [-0.15, -0.1) is 0 Å². The average Bonchev–Trinajstić information content (AvgIpc) is 3.19. The van der Waals surface area contributed by atoms with Gasteiger partial charge in [-0.05, 0) is 49.5 Å².